The normalized spacial score (nSPS) is 52.5. The van der Waals surface area contributed by atoms with Crippen molar-refractivity contribution >= 4 is 0 Å². The highest BCUT2D eigenvalue weighted by Gasteiger charge is 2.56. The van der Waals surface area contributed by atoms with Crippen LogP contribution in [0.1, 0.15) is 6.92 Å². The fourth-order valence-corrected chi connectivity index (χ4v) is 7.25. The summed E-state index contributed by atoms with van der Waals surface area (Å²) >= 11 is 0. The summed E-state index contributed by atoms with van der Waals surface area (Å²) in [5.74, 6) is -2.55. The summed E-state index contributed by atoms with van der Waals surface area (Å²) in [5, 5.41) is 170. The van der Waals surface area contributed by atoms with Crippen LogP contribution in [0.15, 0.2) is 11.6 Å². The lowest BCUT2D eigenvalue weighted by molar-refractivity contribution is -0.391. The first-order chi connectivity index (χ1) is 25.9. The molecule has 17 N–H and O–H groups in total. The third-order valence-electron chi connectivity index (χ3n) is 10.6. The molecule has 55 heavy (non-hydrogen) atoms. The van der Waals surface area contributed by atoms with Crippen molar-refractivity contribution < 1.29 is 115 Å². The first-order valence-electron chi connectivity index (χ1n) is 17.6. The predicted octanol–water partition coefficient (Wildman–Crippen LogP) is -10.7. The summed E-state index contributed by atoms with van der Waals surface area (Å²) in [4.78, 5) is 0. The molecule has 0 amide bonds. The lowest BCUT2D eigenvalue weighted by Crippen LogP contribution is -2.69. The van der Waals surface area contributed by atoms with Crippen molar-refractivity contribution in [3.05, 3.63) is 11.6 Å². The minimum Gasteiger partial charge on any atom is -0.394 e. The Morgan fingerprint density at radius 3 is 1.64 bits per heavy atom. The molecule has 4 heterocycles. The van der Waals surface area contributed by atoms with Crippen molar-refractivity contribution in [2.24, 2.45) is 0 Å². The van der Waals surface area contributed by atoms with Gasteiger partial charge in [0.05, 0.1) is 51.2 Å². The van der Waals surface area contributed by atoms with E-state index in [2.05, 4.69) is 5.32 Å². The lowest BCUT2D eigenvalue weighted by atomic mass is 9.86. The molecular formula is C31H53NO23. The van der Waals surface area contributed by atoms with E-state index in [1.54, 1.807) is 0 Å². The Kier molecular flexibility index (Phi) is 15.0. The first kappa shape index (κ1) is 44.9. The van der Waals surface area contributed by atoms with Crippen LogP contribution in [0.5, 0.6) is 0 Å². The Balaban J connectivity index is 1.22. The van der Waals surface area contributed by atoms with E-state index in [1.807, 2.05) is 0 Å². The van der Waals surface area contributed by atoms with Crippen molar-refractivity contribution in [1.82, 2.24) is 5.32 Å². The number of nitrogens with one attached hydrogen (secondary N) is 1. The molecule has 5 aliphatic rings. The van der Waals surface area contributed by atoms with Gasteiger partial charge in [0, 0.05) is 0 Å². The van der Waals surface area contributed by atoms with E-state index in [4.69, 9.17) is 33.2 Å². The number of hydrogen-bond donors (Lipinski definition) is 17. The van der Waals surface area contributed by atoms with Crippen LogP contribution in [0.2, 0.25) is 0 Å². The second-order valence-corrected chi connectivity index (χ2v) is 14.3. The molecule has 1 aliphatic carbocycles. The third kappa shape index (κ3) is 8.88. The molecule has 24 heteroatoms. The molecule has 23 atom stereocenters. The van der Waals surface area contributed by atoms with Gasteiger partial charge in [-0.1, -0.05) is 6.08 Å². The molecule has 0 spiro atoms. The molecule has 320 valence electrons. The average molecular weight is 808 g/mol. The zero-order valence-electron chi connectivity index (χ0n) is 29.3. The Labute approximate surface area is 312 Å². The molecule has 4 fully saturated rings. The number of rotatable bonds is 12. The van der Waals surface area contributed by atoms with E-state index in [9.17, 15) is 81.7 Å². The highest BCUT2D eigenvalue weighted by Crippen LogP contribution is 2.35. The molecule has 4 saturated heterocycles. The maximum absolute atomic E-state index is 11.1. The monoisotopic (exact) mass is 807 g/mol. The molecular weight excluding hydrogens is 754 g/mol. The van der Waals surface area contributed by atoms with Crippen LogP contribution in [0.3, 0.4) is 0 Å². The molecule has 0 radical (unpaired) electrons. The Bertz CT molecular complexity index is 1270. The quantitative estimate of drug-likeness (QED) is 0.0814. The van der Waals surface area contributed by atoms with Gasteiger partial charge >= 0.3 is 0 Å². The van der Waals surface area contributed by atoms with Gasteiger partial charge in [0.15, 0.2) is 18.9 Å². The van der Waals surface area contributed by atoms with E-state index in [1.165, 1.54) is 13.0 Å². The zero-order chi connectivity index (χ0) is 40.7. The van der Waals surface area contributed by atoms with Crippen LogP contribution in [-0.2, 0) is 33.2 Å². The summed E-state index contributed by atoms with van der Waals surface area (Å²) in [6.45, 7) is -2.76. The van der Waals surface area contributed by atoms with Gasteiger partial charge < -0.3 is 120 Å². The van der Waals surface area contributed by atoms with Crippen LogP contribution in [0.25, 0.3) is 0 Å². The predicted molar refractivity (Wildman–Crippen MR) is 170 cm³/mol. The van der Waals surface area contributed by atoms with E-state index < -0.39 is 174 Å². The molecule has 0 aromatic heterocycles. The van der Waals surface area contributed by atoms with Crippen molar-refractivity contribution in [1.29, 1.82) is 0 Å². The fraction of sp³-hybridized carbons (Fsp3) is 0.935. The van der Waals surface area contributed by atoms with Crippen molar-refractivity contribution in [2.45, 2.75) is 147 Å². The van der Waals surface area contributed by atoms with Crippen molar-refractivity contribution in [3.8, 4) is 0 Å². The average Bonchev–Trinajstić information content (AvgIpc) is 3.17. The zero-order valence-corrected chi connectivity index (χ0v) is 29.3. The van der Waals surface area contributed by atoms with Crippen LogP contribution >= 0.6 is 0 Å². The van der Waals surface area contributed by atoms with Crippen LogP contribution < -0.4 is 5.32 Å². The standard InChI is InChI=1S/C31H53NO23/c1-8-14(32-10-2-9(3-33)15(38)18(41)16(10)39)17(40)21(44)28(50-8)54-25-12(4-34)52-30(23(46)20(25)43)55-26-13(5-35)51-29(22(45)19(26)42)53-24-11(37)6-49-31(48,7-36)27(24)47/h2,8,10-30,32-48H,3-7H2,1H3/t8-,10+,11-,12-,13-,14-,15-,16+,17+,18+,19-,20-,21-,22-,23-,24-,25-,26-,27+,28-,29-,30-,31?/m1/s1. The van der Waals surface area contributed by atoms with Crippen LogP contribution in [0, 0.1) is 0 Å². The molecule has 1 unspecified atom stereocenters. The van der Waals surface area contributed by atoms with Gasteiger partial charge in [0.2, 0.25) is 5.79 Å². The Morgan fingerprint density at radius 2 is 1.15 bits per heavy atom. The Hall–Kier alpha value is -1.22. The molecule has 0 aromatic rings. The minimum atomic E-state index is -2.55. The fourth-order valence-electron chi connectivity index (χ4n) is 7.25. The van der Waals surface area contributed by atoms with Gasteiger partial charge in [-0.2, -0.15) is 0 Å². The van der Waals surface area contributed by atoms with Gasteiger partial charge in [-0.15, -0.1) is 0 Å². The second kappa shape index (κ2) is 18.4. The summed E-state index contributed by atoms with van der Waals surface area (Å²) in [5.41, 5.74) is -0.00382. The highest BCUT2D eigenvalue weighted by atomic mass is 16.8. The SMILES string of the molecule is C[C@H]1O[C@H](O[C@H]2[C@H](O)[C@@H](O)[C@@H](O[C@H]3[C@H](O)[C@@H](O)[C@@H](O[C@@H]4[C@H](O)COC(O)(CO)[C@H]4O)O[C@@H]3CO)O[C@@H]2CO)[C@H](O)[C@@H](O)[C@@H]1N[C@H]1C=C(CO)[C@@H](O)[C@H](O)[C@H]1O. The van der Waals surface area contributed by atoms with Gasteiger partial charge in [-0.05, 0) is 12.5 Å². The topological polar surface area (TPSA) is 400 Å². The lowest BCUT2D eigenvalue weighted by Gasteiger charge is -2.49. The van der Waals surface area contributed by atoms with E-state index >= 15 is 0 Å². The van der Waals surface area contributed by atoms with E-state index in [0.29, 0.717) is 0 Å². The highest BCUT2D eigenvalue weighted by molar-refractivity contribution is 5.22. The minimum absolute atomic E-state index is 0.00382. The van der Waals surface area contributed by atoms with Crippen LogP contribution in [-0.4, -0.2) is 255 Å². The molecule has 0 bridgehead atoms. The second-order valence-electron chi connectivity index (χ2n) is 14.3. The maximum atomic E-state index is 11.1. The molecule has 5 rings (SSSR count). The molecule has 0 aromatic carbocycles. The molecule has 0 saturated carbocycles. The molecule has 4 aliphatic heterocycles. The third-order valence-corrected chi connectivity index (χ3v) is 10.6. The van der Waals surface area contributed by atoms with Crippen molar-refractivity contribution in [2.75, 3.05) is 33.0 Å². The number of hydrogen-bond acceptors (Lipinski definition) is 24. The summed E-state index contributed by atoms with van der Waals surface area (Å²) < 4.78 is 38.5. The first-order valence-corrected chi connectivity index (χ1v) is 17.6. The molecule has 24 nitrogen and oxygen atoms in total. The summed E-state index contributed by atoms with van der Waals surface area (Å²) in [6, 6.07) is -2.26. The van der Waals surface area contributed by atoms with Gasteiger partial charge in [-0.25, -0.2) is 0 Å². The summed E-state index contributed by atoms with van der Waals surface area (Å²) in [7, 11) is 0. The maximum Gasteiger partial charge on any atom is 0.218 e. The van der Waals surface area contributed by atoms with Crippen molar-refractivity contribution in [3.63, 3.8) is 0 Å². The summed E-state index contributed by atoms with van der Waals surface area (Å²) in [6.07, 6.45) is -33.7. The van der Waals surface area contributed by atoms with Gasteiger partial charge in [0.25, 0.3) is 0 Å². The van der Waals surface area contributed by atoms with Gasteiger partial charge in [0.1, 0.15) is 97.7 Å². The van der Waals surface area contributed by atoms with Gasteiger partial charge in [-0.3, -0.25) is 0 Å². The number of aliphatic hydroxyl groups excluding tert-OH is 15. The largest absolute Gasteiger partial charge is 0.394 e. The Morgan fingerprint density at radius 1 is 0.655 bits per heavy atom. The number of aliphatic hydroxyl groups is 16. The number of ether oxygens (including phenoxy) is 7. The smallest absolute Gasteiger partial charge is 0.218 e. The van der Waals surface area contributed by atoms with E-state index in [-0.39, 0.29) is 5.57 Å². The van der Waals surface area contributed by atoms with E-state index in [0.717, 1.165) is 0 Å². The van der Waals surface area contributed by atoms with Crippen LogP contribution in [0.4, 0.5) is 0 Å².